The Morgan fingerprint density at radius 3 is 1.26 bits per heavy atom. The van der Waals surface area contributed by atoms with E-state index in [1.54, 1.807) is 69.1 Å². The van der Waals surface area contributed by atoms with Crippen LogP contribution in [0.2, 0.25) is 0 Å². The van der Waals surface area contributed by atoms with Crippen LogP contribution in [-0.4, -0.2) is 233 Å². The standard InChI is InChI=1S/C28H34N6O5.C27H32N4O2.C27H31N3O4.C26H30N6O5/c1-18-7-8-21-22(34(18)28(38)39-3)9-10-23-27(21)30-24(12-15-31-13-5-4-6-25(31)36)33(23)17-26(37)32-14-11-20(16-32)29-19(2)35;1-18-9-10-21-22(30(18)26(32)33-3)11-12-23-25(21)28-24(13-19-7-5-4-6-8-19)31(23)20-14-27(15-20)16-29(2)17-27;1-17-11-12-21-22(29(17)27(33)34-2)13-14-23-25(21)28-24(15-18-7-4-3-5-8-18)30(23)20-10-6-9-19(16-20)26(31)32;1-17-6-7-18-19(32(17)26(36)37-2)8-9-20-25(18)28-21(10-13-29-12-4-3-5-23(29)34)31(20)16-24(35)30-14-11-27-22(33)15-30/h4-6,9-10,13,18,20H,7-8,11-12,14-17H2,1-3H3,(H,29,35);4-8,11-12,18,20H,9-10,13-17H2,1-3H3;3-5,7-8,13-14,17,19-20H,6,9-12,15-16H2,1-2H3,(H,31,32);3-5,8-9,12,17H,6-7,10-11,13-16H2,1-2H3,(H,27,33)/t18-,20-;18-;17-,19-,20+;17-/m0000/s1. The van der Waals surface area contributed by atoms with Crippen LogP contribution in [0.3, 0.4) is 0 Å². The first-order valence-corrected chi connectivity index (χ1v) is 50.0. The van der Waals surface area contributed by atoms with Crippen molar-refractivity contribution in [2.45, 2.75) is 225 Å². The molecule has 9 aliphatic rings. The first kappa shape index (κ1) is 98.7. The Hall–Kier alpha value is -14.5. The molecule has 0 radical (unpaired) electrons. The predicted molar refractivity (Wildman–Crippen MR) is 542 cm³/mol. The van der Waals surface area contributed by atoms with E-state index in [0.29, 0.717) is 88.1 Å². The fourth-order valence-electron chi connectivity index (χ4n) is 23.3. The minimum Gasteiger partial charge on any atom is -0.481 e. The van der Waals surface area contributed by atoms with E-state index in [1.165, 1.54) is 95.6 Å². The minimum atomic E-state index is -0.709. The number of likely N-dealkylation sites (tertiary alicyclic amines) is 2. The molecule has 7 atom stereocenters. The molecule has 7 aliphatic heterocycles. The van der Waals surface area contributed by atoms with Crippen LogP contribution in [0.1, 0.15) is 174 Å². The molecule has 750 valence electrons. The molecule has 2 saturated carbocycles. The maximum Gasteiger partial charge on any atom is 0.414 e. The van der Waals surface area contributed by atoms with Gasteiger partial charge in [-0.1, -0.05) is 79.2 Å². The Labute approximate surface area is 829 Å². The lowest BCUT2D eigenvalue weighted by Crippen LogP contribution is -2.60. The molecule has 2 aliphatic carbocycles. The zero-order chi connectivity index (χ0) is 100. The van der Waals surface area contributed by atoms with Gasteiger partial charge in [0.1, 0.15) is 36.4 Å². The van der Waals surface area contributed by atoms with Crippen molar-refractivity contribution in [3.05, 3.63) is 235 Å². The number of carboxylic acid groups (broad SMARTS) is 1. The first-order valence-electron chi connectivity index (χ1n) is 50.0. The maximum absolute atomic E-state index is 13.4. The number of benzene rings is 6. The normalized spacial score (nSPS) is 20.1. The molecule has 1 spiro atoms. The number of aliphatic carboxylic acids is 1. The second-order valence-corrected chi connectivity index (χ2v) is 39.7. The van der Waals surface area contributed by atoms with E-state index in [1.807, 2.05) is 90.6 Å². The molecule has 5 fully saturated rings. The number of rotatable bonds is 18. The molecule has 0 bridgehead atoms. The van der Waals surface area contributed by atoms with Gasteiger partial charge in [-0.15, -0.1) is 0 Å². The zero-order valence-electron chi connectivity index (χ0n) is 83.0. The van der Waals surface area contributed by atoms with E-state index in [2.05, 4.69) is 93.2 Å². The highest BCUT2D eigenvalue weighted by Gasteiger charge is 2.53. The number of fused-ring (bicyclic) bond motifs is 12. The zero-order valence-corrected chi connectivity index (χ0v) is 83.0. The molecule has 3 saturated heterocycles. The smallest absolute Gasteiger partial charge is 0.414 e. The highest BCUT2D eigenvalue weighted by Crippen LogP contribution is 2.55. The lowest BCUT2D eigenvalue weighted by Gasteiger charge is -2.58. The molecule has 6 aromatic carbocycles. The van der Waals surface area contributed by atoms with E-state index in [4.69, 9.17) is 38.9 Å². The number of pyridine rings is 2. The molecule has 21 rings (SSSR count). The van der Waals surface area contributed by atoms with Gasteiger partial charge in [-0.2, -0.15) is 0 Å². The number of nitrogens with zero attached hydrogens (tertiary/aromatic N) is 17. The number of aryl methyl sites for hydroxylation is 8. The van der Waals surface area contributed by atoms with Crippen molar-refractivity contribution in [3.63, 3.8) is 0 Å². The molecule has 35 heteroatoms. The summed E-state index contributed by atoms with van der Waals surface area (Å²) in [6.07, 6.45) is 17.3. The lowest BCUT2D eigenvalue weighted by atomic mass is 9.60. The van der Waals surface area contributed by atoms with Crippen molar-refractivity contribution in [2.24, 2.45) is 11.3 Å². The SMILES string of the molecule is COC(=O)N1c2ccc3c(nc(CCn4ccccc4=O)n3CC(=O)N3CCNC(=O)C3)c2CC[C@@H]1C.COC(=O)N1c2ccc3c(nc(CCn4ccccc4=O)n3CC(=O)N3CC[C@H](NC(C)=O)C3)c2CC[C@@H]1C.COC(=O)N1c2ccc3c(nc(Cc4ccccc4)n3C3CC4(C3)CN(C)C4)c2CC[C@@H]1C.COC(=O)N1c2ccc3c(nc(Cc4ccccc4)n3[C@@H]3CCC[C@H](C(=O)O)C3)c2CC[C@@H]1C. The summed E-state index contributed by atoms with van der Waals surface area (Å²) in [5, 5.41) is 15.3. The molecule has 35 nitrogen and oxygen atoms in total. The summed E-state index contributed by atoms with van der Waals surface area (Å²) < 4.78 is 32.1. The molecule has 6 aromatic heterocycles. The second-order valence-electron chi connectivity index (χ2n) is 39.7. The monoisotopic (exact) mass is 1950 g/mol. The molecule has 143 heavy (non-hydrogen) atoms. The van der Waals surface area contributed by atoms with Gasteiger partial charge in [0.2, 0.25) is 23.6 Å². The highest BCUT2D eigenvalue weighted by atomic mass is 16.6. The molecule has 3 N–H and O–H groups in total. The van der Waals surface area contributed by atoms with Crippen molar-refractivity contribution in [1.29, 1.82) is 0 Å². The number of amides is 8. The number of aromatic nitrogens is 10. The molecule has 8 amide bonds. The second kappa shape index (κ2) is 42.3. The van der Waals surface area contributed by atoms with Gasteiger partial charge in [0, 0.05) is 174 Å². The average Bonchev–Trinajstić information content (AvgIpc) is 1.61. The topological polar surface area (TPSA) is 373 Å². The predicted octanol–water partition coefficient (Wildman–Crippen LogP) is 13.5. The Morgan fingerprint density at radius 2 is 0.860 bits per heavy atom. The number of hydrogen-bond donors (Lipinski definition) is 3. The number of carbonyl (C=O) groups is 9. The van der Waals surface area contributed by atoms with E-state index in [0.717, 1.165) is 173 Å². The van der Waals surface area contributed by atoms with Crippen molar-refractivity contribution < 1.29 is 67.2 Å². The summed E-state index contributed by atoms with van der Waals surface area (Å²) in [5.74, 6) is 1.92. The first-order chi connectivity index (χ1) is 69.1. The number of carbonyl (C=O) groups excluding carboxylic acids is 8. The van der Waals surface area contributed by atoms with Gasteiger partial charge in [0.15, 0.2) is 0 Å². The van der Waals surface area contributed by atoms with Crippen molar-refractivity contribution in [1.82, 2.24) is 72.7 Å². The summed E-state index contributed by atoms with van der Waals surface area (Å²) in [5.41, 5.74) is 17.5. The number of carboxylic acids is 1. The van der Waals surface area contributed by atoms with Crippen LogP contribution < -0.4 is 41.4 Å². The van der Waals surface area contributed by atoms with Crippen molar-refractivity contribution >= 4 is 121 Å². The Bertz CT molecular complexity index is 6970. The quantitative estimate of drug-likeness (QED) is 0.0672. The Morgan fingerprint density at radius 1 is 0.462 bits per heavy atom. The fraction of sp³-hybridized carbons (Fsp3) is 0.454. The maximum atomic E-state index is 13.4. The van der Waals surface area contributed by atoms with Gasteiger partial charge in [-0.3, -0.25) is 53.2 Å². The summed E-state index contributed by atoms with van der Waals surface area (Å²) in [6.45, 7) is 14.9. The lowest BCUT2D eigenvalue weighted by molar-refractivity contribution is -0.143. The van der Waals surface area contributed by atoms with Crippen molar-refractivity contribution in [3.8, 4) is 0 Å². The summed E-state index contributed by atoms with van der Waals surface area (Å²) in [7, 11) is 7.83. The van der Waals surface area contributed by atoms with Crippen LogP contribution in [0.15, 0.2) is 168 Å². The van der Waals surface area contributed by atoms with E-state index in [-0.39, 0.29) is 109 Å². The minimum absolute atomic E-state index is 0.0118. The number of piperazine rings is 1. The third-order valence-electron chi connectivity index (χ3n) is 30.3. The Kier molecular flexibility index (Phi) is 29.2. The van der Waals surface area contributed by atoms with E-state index in [9.17, 15) is 57.8 Å². The number of ether oxygens (including phenoxy) is 4. The average molecular weight is 1950 g/mol. The number of methoxy groups -OCH3 is 4. The van der Waals surface area contributed by atoms with Gasteiger partial charge in [-0.05, 0) is 202 Å². The summed E-state index contributed by atoms with van der Waals surface area (Å²) in [6, 6.07) is 47.5. The molecule has 12 aromatic rings. The number of hydrogen-bond acceptors (Lipinski definition) is 20. The summed E-state index contributed by atoms with van der Waals surface area (Å²) >= 11 is 0. The van der Waals surface area contributed by atoms with Crippen LogP contribution in [0.25, 0.3) is 44.1 Å². The molecule has 0 unspecified atom stereocenters. The van der Waals surface area contributed by atoms with Gasteiger partial charge in [0.25, 0.3) is 11.1 Å². The van der Waals surface area contributed by atoms with Crippen LogP contribution >= 0.6 is 0 Å². The van der Waals surface area contributed by atoms with Crippen LogP contribution in [0, 0.1) is 11.3 Å². The number of nitrogens with one attached hydrogen (secondary N) is 2. The van der Waals surface area contributed by atoms with E-state index < -0.39 is 18.2 Å². The van der Waals surface area contributed by atoms with Crippen LogP contribution in [0.4, 0.5) is 41.9 Å². The number of imidazole rings is 4. The van der Waals surface area contributed by atoms with E-state index >= 15 is 0 Å². The molecular formula is C108H127N19O16. The highest BCUT2D eigenvalue weighted by molar-refractivity contribution is 6.00. The van der Waals surface area contributed by atoms with Gasteiger partial charge >= 0.3 is 30.3 Å². The third kappa shape index (κ3) is 20.3. The summed E-state index contributed by atoms with van der Waals surface area (Å²) in [4.78, 5) is 170. The van der Waals surface area contributed by atoms with Gasteiger partial charge < -0.3 is 76.8 Å². The van der Waals surface area contributed by atoms with Crippen LogP contribution in [0.5, 0.6) is 0 Å². The molecule has 13 heterocycles. The van der Waals surface area contributed by atoms with Crippen LogP contribution in [-0.2, 0) is 120 Å². The van der Waals surface area contributed by atoms with Gasteiger partial charge in [-0.25, -0.2) is 39.1 Å². The fourth-order valence-corrected chi connectivity index (χ4v) is 23.3. The Balaban J connectivity index is 0.000000126. The third-order valence-corrected chi connectivity index (χ3v) is 30.3. The van der Waals surface area contributed by atoms with Gasteiger partial charge in [0.05, 0.1) is 108 Å². The van der Waals surface area contributed by atoms with Crippen molar-refractivity contribution in [2.75, 3.05) is 101 Å². The number of anilines is 4. The largest absolute Gasteiger partial charge is 0.481 e. The molecular weight excluding hydrogens is 1820 g/mol.